The zero-order valence-electron chi connectivity index (χ0n) is 18.8. The number of hydrogen-bond acceptors (Lipinski definition) is 2. The standard InChI is InChI=1S/C30H30PS2/c1-5-14-25(15-6-1)29(24-30-32-22-13-23-33-30)31(26-16-7-2-8-17-26,27-18-9-3-10-19-27)28-20-11-4-12-21-28/h1-12,14-21,29-30H,13,22-24H2/q+1. The summed E-state index contributed by atoms with van der Waals surface area (Å²) in [5.74, 6) is 2.57. The zero-order chi connectivity index (χ0) is 22.3. The summed E-state index contributed by atoms with van der Waals surface area (Å²) in [7, 11) is -1.98. The average Bonchev–Trinajstić information content (AvgIpc) is 2.91. The third-order valence-electron chi connectivity index (χ3n) is 6.45. The van der Waals surface area contributed by atoms with Crippen LogP contribution < -0.4 is 15.9 Å². The maximum Gasteiger partial charge on any atom is 0.119 e. The van der Waals surface area contributed by atoms with Gasteiger partial charge in [0.25, 0.3) is 0 Å². The van der Waals surface area contributed by atoms with E-state index in [1.807, 2.05) is 0 Å². The van der Waals surface area contributed by atoms with Crippen molar-refractivity contribution in [2.45, 2.75) is 23.1 Å². The highest BCUT2D eigenvalue weighted by Crippen LogP contribution is 2.69. The molecule has 0 radical (unpaired) electrons. The first-order valence-electron chi connectivity index (χ1n) is 11.7. The number of benzene rings is 4. The summed E-state index contributed by atoms with van der Waals surface area (Å²) in [4.78, 5) is 0. The van der Waals surface area contributed by atoms with Crippen molar-refractivity contribution in [3.8, 4) is 0 Å². The van der Waals surface area contributed by atoms with Crippen LogP contribution in [0.1, 0.15) is 24.1 Å². The first-order chi connectivity index (χ1) is 16.4. The Bertz CT molecular complexity index is 1010. The van der Waals surface area contributed by atoms with Crippen LogP contribution in [0.4, 0.5) is 0 Å². The Morgan fingerprint density at radius 3 is 1.39 bits per heavy atom. The summed E-state index contributed by atoms with van der Waals surface area (Å²) in [6, 6.07) is 45.4. The summed E-state index contributed by atoms with van der Waals surface area (Å²) >= 11 is 4.34. The van der Waals surface area contributed by atoms with Crippen molar-refractivity contribution < 1.29 is 0 Å². The maximum atomic E-state index is 2.38. The molecule has 1 aliphatic heterocycles. The van der Waals surface area contributed by atoms with E-state index in [2.05, 4.69) is 145 Å². The van der Waals surface area contributed by atoms with Crippen LogP contribution in [0.2, 0.25) is 0 Å². The molecule has 1 fully saturated rings. The topological polar surface area (TPSA) is 0 Å². The SMILES string of the molecule is c1ccc(C(CC2SCCCS2)[P+](c2ccccc2)(c2ccccc2)c2ccccc2)cc1. The van der Waals surface area contributed by atoms with Crippen LogP contribution >= 0.6 is 30.8 Å². The average molecular weight is 486 g/mol. The van der Waals surface area contributed by atoms with Crippen molar-refractivity contribution in [2.24, 2.45) is 0 Å². The van der Waals surface area contributed by atoms with E-state index in [1.165, 1.54) is 45.8 Å². The van der Waals surface area contributed by atoms with Gasteiger partial charge in [0.2, 0.25) is 0 Å². The van der Waals surface area contributed by atoms with Crippen molar-refractivity contribution in [3.05, 3.63) is 127 Å². The number of thioether (sulfide) groups is 2. The molecule has 0 aliphatic carbocycles. The van der Waals surface area contributed by atoms with Crippen LogP contribution in [0, 0.1) is 0 Å². The van der Waals surface area contributed by atoms with Gasteiger partial charge in [0.15, 0.2) is 0 Å². The Balaban J connectivity index is 1.80. The third-order valence-corrected chi connectivity index (χ3v) is 14.2. The van der Waals surface area contributed by atoms with Gasteiger partial charge >= 0.3 is 0 Å². The minimum Gasteiger partial charge on any atom is -0.147 e. The lowest BCUT2D eigenvalue weighted by Gasteiger charge is -2.37. The monoisotopic (exact) mass is 485 g/mol. The molecule has 166 valence electrons. The Hall–Kier alpha value is -1.99. The molecule has 1 aliphatic rings. The van der Waals surface area contributed by atoms with Crippen molar-refractivity contribution in [1.29, 1.82) is 0 Å². The predicted molar refractivity (Wildman–Crippen MR) is 152 cm³/mol. The molecule has 3 heteroatoms. The first-order valence-corrected chi connectivity index (χ1v) is 15.7. The highest BCUT2D eigenvalue weighted by molar-refractivity contribution is 8.17. The molecule has 4 aromatic rings. The van der Waals surface area contributed by atoms with Gasteiger partial charge in [-0.25, -0.2) is 0 Å². The number of hydrogen-bond donors (Lipinski definition) is 0. The number of rotatable bonds is 7. The van der Waals surface area contributed by atoms with Gasteiger partial charge in [0, 0.05) is 6.42 Å². The molecule has 0 aromatic heterocycles. The molecule has 1 atom stereocenters. The second-order valence-electron chi connectivity index (χ2n) is 8.42. The van der Waals surface area contributed by atoms with Gasteiger partial charge in [-0.2, -0.15) is 0 Å². The normalized spacial score (nSPS) is 15.8. The molecule has 1 unspecified atom stereocenters. The Labute approximate surface area is 207 Å². The van der Waals surface area contributed by atoms with E-state index < -0.39 is 7.26 Å². The Morgan fingerprint density at radius 1 is 0.576 bits per heavy atom. The minimum absolute atomic E-state index is 0.425. The van der Waals surface area contributed by atoms with Crippen molar-refractivity contribution in [2.75, 3.05) is 11.5 Å². The molecular formula is C30H30PS2+. The molecule has 5 rings (SSSR count). The smallest absolute Gasteiger partial charge is 0.119 e. The van der Waals surface area contributed by atoms with Gasteiger partial charge in [-0.15, -0.1) is 23.5 Å². The van der Waals surface area contributed by atoms with Gasteiger partial charge < -0.3 is 0 Å². The quantitative estimate of drug-likeness (QED) is 0.252. The fourth-order valence-corrected chi connectivity index (χ4v) is 13.3. The lowest BCUT2D eigenvalue weighted by molar-refractivity contribution is 0.860. The van der Waals surface area contributed by atoms with Gasteiger partial charge in [-0.1, -0.05) is 84.9 Å². The molecule has 0 nitrogen and oxygen atoms in total. The molecular weight excluding hydrogens is 455 g/mol. The lowest BCUT2D eigenvalue weighted by Crippen LogP contribution is -2.36. The largest absolute Gasteiger partial charge is 0.147 e. The fraction of sp³-hybridized carbons (Fsp3) is 0.200. The third kappa shape index (κ3) is 4.80. The maximum absolute atomic E-state index is 2.38. The Kier molecular flexibility index (Phi) is 7.57. The van der Waals surface area contributed by atoms with E-state index in [1.54, 1.807) is 0 Å². The molecule has 0 N–H and O–H groups in total. The second kappa shape index (κ2) is 11.0. The lowest BCUT2D eigenvalue weighted by atomic mass is 10.1. The van der Waals surface area contributed by atoms with E-state index in [0.29, 0.717) is 10.2 Å². The van der Waals surface area contributed by atoms with Gasteiger partial charge in [-0.3, -0.25) is 0 Å². The Morgan fingerprint density at radius 2 is 0.970 bits per heavy atom. The zero-order valence-corrected chi connectivity index (χ0v) is 21.3. The van der Waals surface area contributed by atoms with Gasteiger partial charge in [0.1, 0.15) is 28.8 Å². The highest BCUT2D eigenvalue weighted by Gasteiger charge is 2.53. The fourth-order valence-electron chi connectivity index (χ4n) is 5.02. The van der Waals surface area contributed by atoms with Crippen LogP contribution in [-0.2, 0) is 0 Å². The summed E-state index contributed by atoms with van der Waals surface area (Å²) in [5, 5.41) is 4.42. The summed E-state index contributed by atoms with van der Waals surface area (Å²) in [6.07, 6.45) is 2.52. The summed E-state index contributed by atoms with van der Waals surface area (Å²) in [5.41, 5.74) is 1.89. The van der Waals surface area contributed by atoms with Crippen molar-refractivity contribution >= 4 is 46.7 Å². The molecule has 33 heavy (non-hydrogen) atoms. The van der Waals surface area contributed by atoms with E-state index in [9.17, 15) is 0 Å². The summed E-state index contributed by atoms with van der Waals surface area (Å²) < 4.78 is 0.638. The van der Waals surface area contributed by atoms with E-state index in [0.717, 1.165) is 0 Å². The minimum atomic E-state index is -1.98. The van der Waals surface area contributed by atoms with Crippen LogP contribution in [0.15, 0.2) is 121 Å². The van der Waals surface area contributed by atoms with Gasteiger partial charge in [-0.05, 0) is 59.9 Å². The molecule has 1 heterocycles. The van der Waals surface area contributed by atoms with Gasteiger partial charge in [0.05, 0.1) is 4.58 Å². The molecule has 1 saturated heterocycles. The molecule has 0 saturated carbocycles. The van der Waals surface area contributed by atoms with E-state index in [-0.39, 0.29) is 0 Å². The molecule has 4 aromatic carbocycles. The van der Waals surface area contributed by atoms with Crippen LogP contribution in [0.3, 0.4) is 0 Å². The van der Waals surface area contributed by atoms with E-state index >= 15 is 0 Å². The first kappa shape index (κ1) is 22.8. The van der Waals surface area contributed by atoms with Crippen LogP contribution in [0.5, 0.6) is 0 Å². The molecule has 0 bridgehead atoms. The second-order valence-corrected chi connectivity index (χ2v) is 15.0. The highest BCUT2D eigenvalue weighted by atomic mass is 32.2. The molecule has 0 amide bonds. The van der Waals surface area contributed by atoms with Crippen molar-refractivity contribution in [1.82, 2.24) is 0 Å². The van der Waals surface area contributed by atoms with Crippen LogP contribution in [-0.4, -0.2) is 16.1 Å². The van der Waals surface area contributed by atoms with Crippen molar-refractivity contribution in [3.63, 3.8) is 0 Å². The van der Waals surface area contributed by atoms with Crippen LogP contribution in [0.25, 0.3) is 0 Å². The van der Waals surface area contributed by atoms with E-state index in [4.69, 9.17) is 0 Å². The molecule has 0 spiro atoms. The predicted octanol–water partition coefficient (Wildman–Crippen LogP) is 7.31. The summed E-state index contributed by atoms with van der Waals surface area (Å²) in [6.45, 7) is 0.